The summed E-state index contributed by atoms with van der Waals surface area (Å²) in [4.78, 5) is 17.7. The maximum atomic E-state index is 13.7. The number of nitrogens with zero attached hydrogens (tertiary/aromatic N) is 2. The van der Waals surface area contributed by atoms with Crippen molar-refractivity contribution in [1.82, 2.24) is 16.0 Å². The lowest BCUT2D eigenvalue weighted by Crippen LogP contribution is -2.47. The molecule has 6 nitrogen and oxygen atoms in total. The van der Waals surface area contributed by atoms with E-state index >= 15 is 0 Å². The number of halogens is 2. The van der Waals surface area contributed by atoms with Crippen LogP contribution in [-0.4, -0.2) is 38.5 Å². The van der Waals surface area contributed by atoms with E-state index in [1.54, 1.807) is 19.2 Å². The first-order valence-electron chi connectivity index (χ1n) is 8.94. The molecule has 0 aliphatic carbocycles. The van der Waals surface area contributed by atoms with Crippen molar-refractivity contribution >= 4 is 41.5 Å². The van der Waals surface area contributed by atoms with Crippen LogP contribution < -0.4 is 20.9 Å². The molecule has 8 heteroatoms. The number of benzene rings is 2. The molecule has 0 atom stereocenters. The van der Waals surface area contributed by atoms with Crippen molar-refractivity contribution in [3.8, 4) is 0 Å². The normalized spacial score (nSPS) is 14.1. The number of hydrogen-bond acceptors (Lipinski definition) is 3. The molecule has 1 saturated heterocycles. The number of carbonyl (C=O) groups is 1. The van der Waals surface area contributed by atoms with Gasteiger partial charge in [-0.3, -0.25) is 9.79 Å². The van der Waals surface area contributed by atoms with Gasteiger partial charge in [0.25, 0.3) is 0 Å². The largest absolute Gasteiger partial charge is 0.360 e. The first kappa shape index (κ1) is 21.9. The number of hydrogen-bond donors (Lipinski definition) is 3. The van der Waals surface area contributed by atoms with Gasteiger partial charge in [-0.1, -0.05) is 30.3 Å². The van der Waals surface area contributed by atoms with Crippen molar-refractivity contribution in [1.29, 1.82) is 0 Å². The molecule has 0 bridgehead atoms. The van der Waals surface area contributed by atoms with E-state index in [2.05, 4.69) is 25.8 Å². The Bertz CT molecular complexity index is 812. The van der Waals surface area contributed by atoms with Crippen molar-refractivity contribution in [3.05, 3.63) is 65.5 Å². The smallest absolute Gasteiger partial charge is 0.239 e. The van der Waals surface area contributed by atoms with E-state index in [0.29, 0.717) is 37.7 Å². The van der Waals surface area contributed by atoms with E-state index in [9.17, 15) is 9.18 Å². The topological polar surface area (TPSA) is 68.8 Å². The Morgan fingerprint density at radius 1 is 1.14 bits per heavy atom. The van der Waals surface area contributed by atoms with Gasteiger partial charge in [-0.15, -0.1) is 24.0 Å². The van der Waals surface area contributed by atoms with Crippen molar-refractivity contribution < 1.29 is 9.18 Å². The van der Waals surface area contributed by atoms with Crippen LogP contribution in [0.4, 0.5) is 10.1 Å². The van der Waals surface area contributed by atoms with Crippen LogP contribution in [0.2, 0.25) is 0 Å². The molecule has 0 aromatic heterocycles. The second-order valence-corrected chi connectivity index (χ2v) is 6.31. The van der Waals surface area contributed by atoms with Gasteiger partial charge in [0.05, 0.1) is 6.54 Å². The van der Waals surface area contributed by atoms with E-state index in [1.807, 2.05) is 30.3 Å². The second-order valence-electron chi connectivity index (χ2n) is 6.31. The fourth-order valence-corrected chi connectivity index (χ4v) is 2.91. The van der Waals surface area contributed by atoms with E-state index in [-0.39, 0.29) is 35.7 Å². The lowest BCUT2D eigenvalue weighted by molar-refractivity contribution is -0.120. The summed E-state index contributed by atoms with van der Waals surface area (Å²) < 4.78 is 13.7. The molecular formula is C20H25FIN5O. The first-order valence-corrected chi connectivity index (χ1v) is 8.94. The summed E-state index contributed by atoms with van der Waals surface area (Å²) in [5.41, 5.74) is 2.72. The molecule has 0 spiro atoms. The van der Waals surface area contributed by atoms with Crippen LogP contribution in [-0.2, 0) is 17.9 Å². The zero-order valence-electron chi connectivity index (χ0n) is 15.7. The summed E-state index contributed by atoms with van der Waals surface area (Å²) >= 11 is 0. The number of piperazine rings is 1. The molecule has 28 heavy (non-hydrogen) atoms. The Hall–Kier alpha value is -2.36. The van der Waals surface area contributed by atoms with Crippen LogP contribution in [0.5, 0.6) is 0 Å². The van der Waals surface area contributed by atoms with Crippen LogP contribution in [0.15, 0.2) is 53.5 Å². The molecule has 0 unspecified atom stereocenters. The van der Waals surface area contributed by atoms with E-state index in [4.69, 9.17) is 0 Å². The Kier molecular flexibility index (Phi) is 8.49. The minimum atomic E-state index is -0.234. The quantitative estimate of drug-likeness (QED) is 0.337. The predicted molar refractivity (Wildman–Crippen MR) is 121 cm³/mol. The molecule has 2 aromatic rings. The Morgan fingerprint density at radius 3 is 2.54 bits per heavy atom. The molecule has 0 saturated carbocycles. The zero-order chi connectivity index (χ0) is 19.1. The van der Waals surface area contributed by atoms with Gasteiger partial charge in [0.15, 0.2) is 5.96 Å². The minimum absolute atomic E-state index is 0. The summed E-state index contributed by atoms with van der Waals surface area (Å²) in [5, 5.41) is 9.16. The number of nitrogens with one attached hydrogen (secondary N) is 3. The summed E-state index contributed by atoms with van der Waals surface area (Å²) in [5.74, 6) is 0.425. The number of carbonyl (C=O) groups excluding carboxylic acids is 1. The average molecular weight is 497 g/mol. The lowest BCUT2D eigenvalue weighted by atomic mass is 10.2. The van der Waals surface area contributed by atoms with Crippen LogP contribution in [0.3, 0.4) is 0 Å². The van der Waals surface area contributed by atoms with Crippen molar-refractivity contribution in [2.45, 2.75) is 13.1 Å². The van der Waals surface area contributed by atoms with E-state index in [1.165, 1.54) is 6.07 Å². The van der Waals surface area contributed by atoms with Gasteiger partial charge >= 0.3 is 0 Å². The Balaban J connectivity index is 0.00000280. The highest BCUT2D eigenvalue weighted by Crippen LogP contribution is 2.16. The monoisotopic (exact) mass is 497 g/mol. The molecule has 1 aliphatic rings. The van der Waals surface area contributed by atoms with Crippen LogP contribution in [0, 0.1) is 5.82 Å². The van der Waals surface area contributed by atoms with Crippen LogP contribution in [0.1, 0.15) is 11.1 Å². The van der Waals surface area contributed by atoms with Crippen LogP contribution >= 0.6 is 24.0 Å². The molecule has 2 aromatic carbocycles. The van der Waals surface area contributed by atoms with Gasteiger partial charge in [-0.2, -0.15) is 0 Å². The number of guanidine groups is 1. The molecule has 3 N–H and O–H groups in total. The van der Waals surface area contributed by atoms with Gasteiger partial charge in [0, 0.05) is 44.5 Å². The summed E-state index contributed by atoms with van der Waals surface area (Å²) in [6.45, 7) is 2.84. The highest BCUT2D eigenvalue weighted by atomic mass is 127. The van der Waals surface area contributed by atoms with E-state index < -0.39 is 0 Å². The molecule has 1 fully saturated rings. The van der Waals surface area contributed by atoms with Crippen molar-refractivity contribution in [3.63, 3.8) is 0 Å². The third kappa shape index (κ3) is 6.08. The molecule has 150 valence electrons. The van der Waals surface area contributed by atoms with Gasteiger partial charge in [-0.05, 0) is 23.8 Å². The standard InChI is InChI=1S/C20H24FN5O.HI/c1-22-20(25-13-16-4-2-3-5-18(16)21)24-12-15-6-8-17(9-7-15)26-11-10-23-19(27)14-26;/h2-9H,10-14H2,1H3,(H,23,27)(H2,22,24,25);1H. The van der Waals surface area contributed by atoms with Gasteiger partial charge in [0.1, 0.15) is 5.82 Å². The number of amides is 1. The number of aliphatic imine (C=N–C) groups is 1. The highest BCUT2D eigenvalue weighted by molar-refractivity contribution is 14.0. The van der Waals surface area contributed by atoms with E-state index in [0.717, 1.165) is 17.8 Å². The molecular weight excluding hydrogens is 472 g/mol. The fraction of sp³-hybridized carbons (Fsp3) is 0.300. The van der Waals surface area contributed by atoms with Crippen LogP contribution in [0.25, 0.3) is 0 Å². The van der Waals surface area contributed by atoms with Gasteiger partial charge < -0.3 is 20.9 Å². The molecule has 1 amide bonds. The molecule has 1 heterocycles. The van der Waals surface area contributed by atoms with Gasteiger partial charge in [0.2, 0.25) is 5.91 Å². The molecule has 0 radical (unpaired) electrons. The first-order chi connectivity index (χ1) is 13.2. The van der Waals surface area contributed by atoms with Gasteiger partial charge in [-0.25, -0.2) is 4.39 Å². The average Bonchev–Trinajstić information content (AvgIpc) is 2.70. The lowest BCUT2D eigenvalue weighted by Gasteiger charge is -2.28. The summed E-state index contributed by atoms with van der Waals surface area (Å²) in [6, 6.07) is 14.8. The SMILES string of the molecule is CN=C(NCc1ccc(N2CCNC(=O)C2)cc1)NCc1ccccc1F.I. The summed E-state index contributed by atoms with van der Waals surface area (Å²) in [7, 11) is 1.68. The summed E-state index contributed by atoms with van der Waals surface area (Å²) in [6.07, 6.45) is 0. The predicted octanol–water partition coefficient (Wildman–Crippen LogP) is 2.25. The highest BCUT2D eigenvalue weighted by Gasteiger charge is 2.16. The number of anilines is 1. The van der Waals surface area contributed by atoms with Crippen molar-refractivity contribution in [2.75, 3.05) is 31.6 Å². The fourth-order valence-electron chi connectivity index (χ4n) is 2.91. The number of rotatable bonds is 5. The minimum Gasteiger partial charge on any atom is -0.360 e. The Labute approximate surface area is 181 Å². The second kappa shape index (κ2) is 10.8. The van der Waals surface area contributed by atoms with Crippen molar-refractivity contribution in [2.24, 2.45) is 4.99 Å². The molecule has 3 rings (SSSR count). The third-order valence-corrected chi connectivity index (χ3v) is 4.43. The zero-order valence-corrected chi connectivity index (χ0v) is 18.1. The maximum absolute atomic E-state index is 13.7. The third-order valence-electron chi connectivity index (χ3n) is 4.43. The Morgan fingerprint density at radius 2 is 1.86 bits per heavy atom. The molecule has 1 aliphatic heterocycles. The maximum Gasteiger partial charge on any atom is 0.239 e.